The molecular formula is C34H40N8O2. The molecule has 0 fully saturated rings. The number of hydrogen-bond acceptors (Lipinski definition) is 8. The monoisotopic (exact) mass is 592 g/mol. The molecule has 0 unspecified atom stereocenters. The molecule has 2 amide bonds. The lowest BCUT2D eigenvalue weighted by Crippen LogP contribution is -2.29. The Balaban J connectivity index is 1.62. The fraction of sp³-hybridized carbons (Fsp3) is 0.353. The van der Waals surface area contributed by atoms with Crippen molar-refractivity contribution in [1.29, 1.82) is 0 Å². The quantitative estimate of drug-likeness (QED) is 0.265. The van der Waals surface area contributed by atoms with E-state index in [2.05, 4.69) is 24.5 Å². The molecule has 0 aliphatic carbocycles. The van der Waals surface area contributed by atoms with E-state index in [-0.39, 0.29) is 23.7 Å². The van der Waals surface area contributed by atoms with Crippen molar-refractivity contribution in [2.45, 2.75) is 39.5 Å². The van der Waals surface area contributed by atoms with Gasteiger partial charge in [-0.2, -0.15) is 0 Å². The third-order valence-corrected chi connectivity index (χ3v) is 7.51. The summed E-state index contributed by atoms with van der Waals surface area (Å²) in [5.74, 6) is -0.111. The Morgan fingerprint density at radius 1 is 0.614 bits per heavy atom. The van der Waals surface area contributed by atoms with Crippen LogP contribution >= 0.6 is 0 Å². The van der Waals surface area contributed by atoms with Crippen LogP contribution in [0, 0.1) is 11.8 Å². The summed E-state index contributed by atoms with van der Waals surface area (Å²) < 4.78 is 0. The van der Waals surface area contributed by atoms with Crippen LogP contribution < -0.4 is 22.1 Å². The van der Waals surface area contributed by atoms with Gasteiger partial charge >= 0.3 is 0 Å². The van der Waals surface area contributed by atoms with E-state index in [0.29, 0.717) is 61.5 Å². The van der Waals surface area contributed by atoms with Gasteiger partial charge in [-0.3, -0.25) is 29.5 Å². The van der Waals surface area contributed by atoms with Gasteiger partial charge < -0.3 is 22.1 Å². The molecule has 0 saturated heterocycles. The number of aromatic nitrogens is 4. The molecule has 0 spiro atoms. The Hall–Kier alpha value is -4.54. The van der Waals surface area contributed by atoms with Crippen molar-refractivity contribution in [3.63, 3.8) is 0 Å². The Kier molecular flexibility index (Phi) is 10.0. The summed E-state index contributed by atoms with van der Waals surface area (Å²) in [6.07, 6.45) is 2.69. The number of amides is 2. The molecule has 8 bridgehead atoms. The lowest BCUT2D eigenvalue weighted by molar-refractivity contribution is 0.0946. The van der Waals surface area contributed by atoms with Crippen LogP contribution in [-0.2, 0) is 25.7 Å². The van der Waals surface area contributed by atoms with Gasteiger partial charge in [-0.25, -0.2) is 0 Å². The van der Waals surface area contributed by atoms with Gasteiger partial charge in [-0.15, -0.1) is 0 Å². The number of nitrogens with two attached hydrogens (primary N) is 2. The molecule has 228 valence electrons. The van der Waals surface area contributed by atoms with Gasteiger partial charge in [0.2, 0.25) is 0 Å². The number of pyridine rings is 4. The lowest BCUT2D eigenvalue weighted by Gasteiger charge is -2.16. The van der Waals surface area contributed by atoms with E-state index in [1.807, 2.05) is 48.5 Å². The van der Waals surface area contributed by atoms with Gasteiger partial charge in [0, 0.05) is 60.1 Å². The number of hydrogen-bond donors (Lipinski definition) is 4. The number of nitrogens with one attached hydrogen (secondary N) is 2. The lowest BCUT2D eigenvalue weighted by atomic mass is 9.96. The SMILES string of the molecule is C[C@@H]1Cc2cccc(n2)-c2cccc(n2)C[C@H](C)Cc2cc(C(=O)NCCN)cc(n2)-c2cc(C(=O)NCCN)cc(n2)C1. The highest BCUT2D eigenvalue weighted by molar-refractivity contribution is 5.96. The second-order valence-corrected chi connectivity index (χ2v) is 11.6. The second-order valence-electron chi connectivity index (χ2n) is 11.6. The predicted molar refractivity (Wildman–Crippen MR) is 171 cm³/mol. The Labute approximate surface area is 258 Å². The minimum Gasteiger partial charge on any atom is -0.351 e. The van der Waals surface area contributed by atoms with Crippen LogP contribution in [0.2, 0.25) is 0 Å². The highest BCUT2D eigenvalue weighted by Crippen LogP contribution is 2.25. The average Bonchev–Trinajstić information content (AvgIpc) is 3.01. The van der Waals surface area contributed by atoms with Crippen molar-refractivity contribution in [3.8, 4) is 22.8 Å². The molecule has 1 aliphatic heterocycles. The van der Waals surface area contributed by atoms with E-state index < -0.39 is 0 Å². The van der Waals surface area contributed by atoms with Crippen LogP contribution in [0.3, 0.4) is 0 Å². The van der Waals surface area contributed by atoms with Crippen molar-refractivity contribution < 1.29 is 9.59 Å². The average molecular weight is 593 g/mol. The number of carbonyl (C=O) groups is 2. The molecule has 2 atom stereocenters. The van der Waals surface area contributed by atoms with Crippen LogP contribution in [-0.4, -0.2) is 57.9 Å². The Morgan fingerprint density at radius 3 is 1.41 bits per heavy atom. The molecule has 6 N–H and O–H groups in total. The Morgan fingerprint density at radius 2 is 1.00 bits per heavy atom. The van der Waals surface area contributed by atoms with Crippen molar-refractivity contribution >= 4 is 11.8 Å². The summed E-state index contributed by atoms with van der Waals surface area (Å²) in [5, 5.41) is 5.73. The third kappa shape index (κ3) is 7.89. The van der Waals surface area contributed by atoms with Crippen LogP contribution in [0.1, 0.15) is 57.3 Å². The maximum atomic E-state index is 13.1. The first-order chi connectivity index (χ1) is 21.3. The standard InChI is InChI=1S/C34H40N8O2/c1-21-13-25-5-3-7-29(39-25)30-8-4-6-26(40-30)14-22(2)16-28-18-24(34(44)38-12-10-36)20-32(42-28)31-19-23(17-27(15-21)41-31)33(43)37-11-9-35/h3-8,17-22H,9-16,35-36H2,1-2H3,(H,37,43)(H,38,44)/t21-,22+. The number of fused-ring (bicyclic) bond motifs is 10. The molecular weight excluding hydrogens is 552 g/mol. The number of carbonyl (C=O) groups excluding carboxylic acids is 2. The maximum Gasteiger partial charge on any atom is 0.251 e. The van der Waals surface area contributed by atoms with Crippen LogP contribution in [0.4, 0.5) is 0 Å². The minimum atomic E-state index is -0.233. The maximum absolute atomic E-state index is 13.1. The molecule has 10 nitrogen and oxygen atoms in total. The zero-order valence-electron chi connectivity index (χ0n) is 25.3. The van der Waals surface area contributed by atoms with Gasteiger partial charge in [0.05, 0.1) is 22.8 Å². The highest BCUT2D eigenvalue weighted by atomic mass is 16.2. The molecule has 44 heavy (non-hydrogen) atoms. The predicted octanol–water partition coefficient (Wildman–Crippen LogP) is 3.13. The summed E-state index contributed by atoms with van der Waals surface area (Å²) in [4.78, 5) is 46.0. The van der Waals surface area contributed by atoms with E-state index in [1.165, 1.54) is 0 Å². The second kappa shape index (κ2) is 14.3. The van der Waals surface area contributed by atoms with Gasteiger partial charge in [-0.1, -0.05) is 26.0 Å². The molecule has 1 aliphatic rings. The first-order valence-corrected chi connectivity index (χ1v) is 15.2. The normalized spacial score (nSPS) is 16.4. The summed E-state index contributed by atoms with van der Waals surface area (Å²) in [6.45, 7) is 5.68. The third-order valence-electron chi connectivity index (χ3n) is 7.51. The van der Waals surface area contributed by atoms with Gasteiger partial charge in [-0.05, 0) is 86.1 Å². The minimum absolute atomic E-state index is 0.177. The fourth-order valence-corrected chi connectivity index (χ4v) is 5.53. The molecule has 5 rings (SSSR count). The zero-order chi connectivity index (χ0) is 31.1. The largest absolute Gasteiger partial charge is 0.351 e. The van der Waals surface area contributed by atoms with Gasteiger partial charge in [0.25, 0.3) is 11.8 Å². The van der Waals surface area contributed by atoms with Crippen molar-refractivity contribution in [1.82, 2.24) is 30.6 Å². The van der Waals surface area contributed by atoms with Crippen molar-refractivity contribution in [2.75, 3.05) is 26.2 Å². The number of rotatable bonds is 6. The van der Waals surface area contributed by atoms with Crippen LogP contribution in [0.25, 0.3) is 22.8 Å². The van der Waals surface area contributed by atoms with E-state index in [0.717, 1.165) is 47.0 Å². The van der Waals surface area contributed by atoms with Gasteiger partial charge in [0.15, 0.2) is 0 Å². The zero-order valence-corrected chi connectivity index (χ0v) is 25.3. The van der Waals surface area contributed by atoms with Crippen molar-refractivity contribution in [2.24, 2.45) is 23.3 Å². The molecule has 5 heterocycles. The molecule has 10 heteroatoms. The van der Waals surface area contributed by atoms with E-state index >= 15 is 0 Å². The topological polar surface area (TPSA) is 162 Å². The van der Waals surface area contributed by atoms with Crippen LogP contribution in [0.15, 0.2) is 60.7 Å². The fourth-order valence-electron chi connectivity index (χ4n) is 5.53. The molecule has 0 aromatic carbocycles. The molecule has 0 radical (unpaired) electrons. The van der Waals surface area contributed by atoms with Crippen LogP contribution in [0.5, 0.6) is 0 Å². The van der Waals surface area contributed by atoms with E-state index in [4.69, 9.17) is 31.4 Å². The summed E-state index contributed by atoms with van der Waals surface area (Å²) in [6, 6.07) is 19.2. The van der Waals surface area contributed by atoms with Crippen molar-refractivity contribution in [3.05, 3.63) is 94.6 Å². The Bertz CT molecular complexity index is 1520. The highest BCUT2D eigenvalue weighted by Gasteiger charge is 2.19. The molecule has 0 saturated carbocycles. The summed E-state index contributed by atoms with van der Waals surface area (Å²) in [5.41, 5.74) is 18.4. The molecule has 4 aromatic heterocycles. The van der Waals surface area contributed by atoms with E-state index in [9.17, 15) is 9.59 Å². The van der Waals surface area contributed by atoms with Gasteiger partial charge in [0.1, 0.15) is 0 Å². The summed E-state index contributed by atoms with van der Waals surface area (Å²) in [7, 11) is 0. The molecule has 4 aromatic rings. The number of nitrogens with zero attached hydrogens (tertiary/aromatic N) is 4. The summed E-state index contributed by atoms with van der Waals surface area (Å²) >= 11 is 0. The first kappa shape index (κ1) is 30.9. The first-order valence-electron chi connectivity index (χ1n) is 15.2. The van der Waals surface area contributed by atoms with E-state index in [1.54, 1.807) is 12.1 Å². The smallest absolute Gasteiger partial charge is 0.251 e.